The van der Waals surface area contributed by atoms with Crippen LogP contribution in [0.25, 0.3) is 5.69 Å². The third-order valence-corrected chi connectivity index (χ3v) is 4.10. The maximum Gasteiger partial charge on any atom is 0.263 e. The molecule has 2 aromatic carbocycles. The van der Waals surface area contributed by atoms with Gasteiger partial charge in [0.1, 0.15) is 11.6 Å². The summed E-state index contributed by atoms with van der Waals surface area (Å²) in [7, 11) is 0. The fourth-order valence-corrected chi connectivity index (χ4v) is 2.56. The minimum atomic E-state index is -0.290. The molecule has 6 nitrogen and oxygen atoms in total. The number of nitriles is 1. The molecule has 6 heteroatoms. The molecule has 28 heavy (non-hydrogen) atoms. The summed E-state index contributed by atoms with van der Waals surface area (Å²) in [5.41, 5.74) is 2.12. The van der Waals surface area contributed by atoms with Crippen LogP contribution in [-0.4, -0.2) is 22.3 Å². The van der Waals surface area contributed by atoms with Gasteiger partial charge in [-0.25, -0.2) is 4.68 Å². The molecule has 3 aromatic rings. The Bertz CT molecular complexity index is 994. The average Bonchev–Trinajstić information content (AvgIpc) is 3.11. The fraction of sp³-hybridized carbons (Fsp3) is 0.227. The molecule has 0 saturated carbocycles. The Morgan fingerprint density at radius 3 is 2.43 bits per heavy atom. The lowest BCUT2D eigenvalue weighted by Crippen LogP contribution is -2.21. The number of para-hydroxylation sites is 1. The molecule has 0 aliphatic rings. The molecule has 142 valence electrons. The number of aromatic nitrogens is 2. The van der Waals surface area contributed by atoms with Crippen molar-refractivity contribution in [3.05, 3.63) is 71.9 Å². The molecular formula is C22H22N4O2. The van der Waals surface area contributed by atoms with E-state index < -0.39 is 0 Å². The van der Waals surface area contributed by atoms with Crippen molar-refractivity contribution in [2.24, 2.45) is 0 Å². The molecule has 1 aromatic heterocycles. The molecule has 1 heterocycles. The van der Waals surface area contributed by atoms with Gasteiger partial charge in [0.05, 0.1) is 23.0 Å². The van der Waals surface area contributed by atoms with Gasteiger partial charge >= 0.3 is 0 Å². The molecule has 1 amide bonds. The number of hydrogen-bond donors (Lipinski definition) is 1. The molecule has 0 atom stereocenters. The molecule has 0 aliphatic heterocycles. The molecule has 3 rings (SSSR count). The van der Waals surface area contributed by atoms with E-state index in [1.165, 1.54) is 0 Å². The molecule has 0 saturated heterocycles. The van der Waals surface area contributed by atoms with Crippen LogP contribution in [0.4, 0.5) is 5.82 Å². The standard InChI is InChI=1S/C22H22N4O2/c1-22(2,3)19-13-20(26(25-19)17-7-5-4-6-8-17)24-21(27)15-28-18-11-9-16(14-23)10-12-18/h4-13H,15H2,1-3H3,(H,24,27). The monoisotopic (exact) mass is 374 g/mol. The normalized spacial score (nSPS) is 10.9. The van der Waals surface area contributed by atoms with E-state index in [2.05, 4.69) is 31.2 Å². The average molecular weight is 374 g/mol. The number of nitrogens with one attached hydrogen (secondary N) is 1. The van der Waals surface area contributed by atoms with Crippen molar-refractivity contribution in [2.75, 3.05) is 11.9 Å². The Hall–Kier alpha value is -3.59. The quantitative estimate of drug-likeness (QED) is 0.730. The lowest BCUT2D eigenvalue weighted by Gasteiger charge is -2.14. The van der Waals surface area contributed by atoms with Crippen molar-refractivity contribution >= 4 is 11.7 Å². The SMILES string of the molecule is CC(C)(C)c1cc(NC(=O)COc2ccc(C#N)cc2)n(-c2ccccc2)n1. The van der Waals surface area contributed by atoms with Gasteiger partial charge in [-0.05, 0) is 36.4 Å². The number of nitrogens with zero attached hydrogens (tertiary/aromatic N) is 3. The van der Waals surface area contributed by atoms with Gasteiger partial charge in [-0.2, -0.15) is 10.4 Å². The van der Waals surface area contributed by atoms with Crippen LogP contribution in [0.5, 0.6) is 5.75 Å². The first-order valence-electron chi connectivity index (χ1n) is 8.95. The van der Waals surface area contributed by atoms with E-state index in [0.29, 0.717) is 17.1 Å². The molecule has 0 fully saturated rings. The predicted octanol–water partition coefficient (Wildman–Crippen LogP) is 4.06. The third kappa shape index (κ3) is 4.57. The number of carbonyl (C=O) groups excluding carboxylic acids is 1. The number of amides is 1. The zero-order valence-corrected chi connectivity index (χ0v) is 16.1. The van der Waals surface area contributed by atoms with Crippen LogP contribution in [0.3, 0.4) is 0 Å². The Morgan fingerprint density at radius 1 is 1.14 bits per heavy atom. The van der Waals surface area contributed by atoms with E-state index >= 15 is 0 Å². The Balaban J connectivity index is 1.75. The number of rotatable bonds is 5. The molecule has 0 spiro atoms. The topological polar surface area (TPSA) is 79.9 Å². The fourth-order valence-electron chi connectivity index (χ4n) is 2.56. The van der Waals surface area contributed by atoms with E-state index in [-0.39, 0.29) is 17.9 Å². The number of benzene rings is 2. The highest BCUT2D eigenvalue weighted by molar-refractivity contribution is 5.91. The van der Waals surface area contributed by atoms with E-state index in [1.807, 2.05) is 42.5 Å². The Labute approximate surface area is 164 Å². The van der Waals surface area contributed by atoms with Crippen molar-refractivity contribution in [3.63, 3.8) is 0 Å². The summed E-state index contributed by atoms with van der Waals surface area (Å²) in [5.74, 6) is 0.826. The van der Waals surface area contributed by atoms with Gasteiger partial charge in [-0.15, -0.1) is 0 Å². The van der Waals surface area contributed by atoms with Gasteiger partial charge in [-0.1, -0.05) is 39.0 Å². The maximum absolute atomic E-state index is 12.4. The Kier molecular flexibility index (Phi) is 5.46. The van der Waals surface area contributed by atoms with Gasteiger partial charge in [0, 0.05) is 11.5 Å². The number of carbonyl (C=O) groups is 1. The zero-order valence-electron chi connectivity index (χ0n) is 16.1. The van der Waals surface area contributed by atoms with Crippen molar-refractivity contribution in [3.8, 4) is 17.5 Å². The number of anilines is 1. The van der Waals surface area contributed by atoms with Crippen LogP contribution in [-0.2, 0) is 10.2 Å². The second kappa shape index (κ2) is 7.97. The van der Waals surface area contributed by atoms with E-state index in [9.17, 15) is 4.79 Å². The smallest absolute Gasteiger partial charge is 0.263 e. The highest BCUT2D eigenvalue weighted by Crippen LogP contribution is 2.26. The summed E-state index contributed by atoms with van der Waals surface area (Å²) in [5, 5.41) is 16.4. The predicted molar refractivity (Wildman–Crippen MR) is 108 cm³/mol. The number of ether oxygens (including phenoxy) is 1. The zero-order chi connectivity index (χ0) is 20.1. The Morgan fingerprint density at radius 2 is 1.82 bits per heavy atom. The van der Waals surface area contributed by atoms with Gasteiger partial charge in [-0.3, -0.25) is 4.79 Å². The van der Waals surface area contributed by atoms with Crippen molar-refractivity contribution in [1.29, 1.82) is 5.26 Å². The van der Waals surface area contributed by atoms with Crippen LogP contribution in [0, 0.1) is 11.3 Å². The second-order valence-corrected chi connectivity index (χ2v) is 7.39. The first-order valence-corrected chi connectivity index (χ1v) is 8.95. The summed E-state index contributed by atoms with van der Waals surface area (Å²) in [4.78, 5) is 12.4. The van der Waals surface area contributed by atoms with Gasteiger partial charge in [0.15, 0.2) is 6.61 Å². The van der Waals surface area contributed by atoms with Crippen LogP contribution < -0.4 is 10.1 Å². The van der Waals surface area contributed by atoms with Crippen molar-refractivity contribution < 1.29 is 9.53 Å². The van der Waals surface area contributed by atoms with Crippen LogP contribution in [0.2, 0.25) is 0 Å². The third-order valence-electron chi connectivity index (χ3n) is 4.10. The molecule has 0 radical (unpaired) electrons. The number of hydrogen-bond acceptors (Lipinski definition) is 4. The minimum absolute atomic E-state index is 0.142. The first-order chi connectivity index (χ1) is 13.4. The minimum Gasteiger partial charge on any atom is -0.484 e. The van der Waals surface area contributed by atoms with Crippen LogP contribution in [0.15, 0.2) is 60.7 Å². The first kappa shape index (κ1) is 19.2. The van der Waals surface area contributed by atoms with Gasteiger partial charge in [0.25, 0.3) is 5.91 Å². The highest BCUT2D eigenvalue weighted by Gasteiger charge is 2.21. The molecule has 0 aliphatic carbocycles. The molecule has 1 N–H and O–H groups in total. The lowest BCUT2D eigenvalue weighted by atomic mass is 9.92. The summed E-state index contributed by atoms with van der Waals surface area (Å²) < 4.78 is 7.23. The highest BCUT2D eigenvalue weighted by atomic mass is 16.5. The van der Waals surface area contributed by atoms with Gasteiger partial charge < -0.3 is 10.1 Å². The molecular weight excluding hydrogens is 352 g/mol. The lowest BCUT2D eigenvalue weighted by molar-refractivity contribution is -0.118. The molecule has 0 unspecified atom stereocenters. The summed E-state index contributed by atoms with van der Waals surface area (Å²) >= 11 is 0. The largest absolute Gasteiger partial charge is 0.484 e. The van der Waals surface area contributed by atoms with Crippen LogP contribution in [0.1, 0.15) is 32.0 Å². The van der Waals surface area contributed by atoms with Crippen molar-refractivity contribution in [1.82, 2.24) is 9.78 Å². The summed E-state index contributed by atoms with van der Waals surface area (Å²) in [6.07, 6.45) is 0. The summed E-state index contributed by atoms with van der Waals surface area (Å²) in [6, 6.07) is 20.2. The van der Waals surface area contributed by atoms with Gasteiger partial charge in [0.2, 0.25) is 0 Å². The van der Waals surface area contributed by atoms with E-state index in [4.69, 9.17) is 10.00 Å². The molecule has 0 bridgehead atoms. The van der Waals surface area contributed by atoms with E-state index in [0.717, 1.165) is 11.4 Å². The summed E-state index contributed by atoms with van der Waals surface area (Å²) in [6.45, 7) is 6.08. The van der Waals surface area contributed by atoms with Crippen LogP contribution >= 0.6 is 0 Å². The second-order valence-electron chi connectivity index (χ2n) is 7.39. The van der Waals surface area contributed by atoms with E-state index in [1.54, 1.807) is 28.9 Å². The maximum atomic E-state index is 12.4. The van der Waals surface area contributed by atoms with Crippen molar-refractivity contribution in [2.45, 2.75) is 26.2 Å².